The second-order valence-corrected chi connectivity index (χ2v) is 20.2. The lowest BCUT2D eigenvalue weighted by atomic mass is 9.84. The minimum absolute atomic E-state index is 0.0178. The molecular weight excluding hydrogens is 685 g/mol. The standard InChI is InChI=1S/C12H14O.C10H13NS.C8H11N3S.C8H10N2S2/c1-12(2,3)10-7-8-5-4-6-9(8)11(10)13;1-10(2,3)8-6-7-4-5-11-9(7)12-8;1-8(2,3)6-10-11-5-4-9-7(11)12-6;1-8(2,3)7-10-6-5(12-7)9-4-11-6/h4-7,9H,1-3H3;4-6,11H,1-3H3;4-5H,1-3H3;4H,1-3H3. The maximum Gasteiger partial charge on any atom is 0.212 e. The third-order valence-electron chi connectivity index (χ3n) is 7.77. The highest BCUT2D eigenvalue weighted by Gasteiger charge is 2.36. The molecule has 0 aliphatic heterocycles. The van der Waals surface area contributed by atoms with E-state index >= 15 is 0 Å². The van der Waals surface area contributed by atoms with E-state index in [1.54, 1.807) is 40.2 Å². The Labute approximate surface area is 306 Å². The maximum atomic E-state index is 11.9. The first-order chi connectivity index (χ1) is 22.7. The SMILES string of the molecule is CC(C)(C)C1=CC2=CC=CC2C1=O.CC(C)(C)c1cc2cc[nH]c2s1.CC(C)(C)c1nc2scnc2s1.CC(C)(C)c1nn2ccnc2s1. The molecule has 0 saturated heterocycles. The van der Waals surface area contributed by atoms with Crippen LogP contribution in [0.25, 0.3) is 24.8 Å². The molecule has 0 fully saturated rings. The van der Waals surface area contributed by atoms with Crippen LogP contribution in [0.3, 0.4) is 0 Å². The van der Waals surface area contributed by atoms with Crippen LogP contribution >= 0.6 is 45.3 Å². The van der Waals surface area contributed by atoms with E-state index < -0.39 is 0 Å². The number of hydrogen-bond donors (Lipinski definition) is 1. The van der Waals surface area contributed by atoms with Crippen LogP contribution in [-0.4, -0.2) is 35.3 Å². The summed E-state index contributed by atoms with van der Waals surface area (Å²) in [4.78, 5) is 33.9. The number of H-pyrrole nitrogens is 1. The number of nitrogens with zero attached hydrogens (tertiary/aromatic N) is 5. The van der Waals surface area contributed by atoms with Gasteiger partial charge in [0, 0.05) is 39.1 Å². The Morgan fingerprint density at radius 1 is 0.816 bits per heavy atom. The minimum atomic E-state index is -0.0178. The molecule has 2 aliphatic carbocycles. The van der Waals surface area contributed by atoms with Gasteiger partial charge >= 0.3 is 0 Å². The number of Topliss-reactive ketones (excluding diaryl/α,β-unsaturated/α-hetero) is 1. The van der Waals surface area contributed by atoms with Crippen molar-refractivity contribution in [3.8, 4) is 0 Å². The van der Waals surface area contributed by atoms with Crippen molar-refractivity contribution in [2.45, 2.75) is 99.3 Å². The van der Waals surface area contributed by atoms with Crippen LogP contribution in [-0.2, 0) is 21.0 Å². The highest BCUT2D eigenvalue weighted by molar-refractivity contribution is 7.25. The van der Waals surface area contributed by atoms with Crippen molar-refractivity contribution in [3.63, 3.8) is 0 Å². The zero-order valence-electron chi connectivity index (χ0n) is 30.6. The highest BCUT2D eigenvalue weighted by Crippen LogP contribution is 2.40. The lowest BCUT2D eigenvalue weighted by molar-refractivity contribution is -0.117. The highest BCUT2D eigenvalue weighted by atomic mass is 32.1. The number of carbonyl (C=O) groups excluding carboxylic acids is 1. The molecule has 6 aromatic rings. The number of aromatic nitrogens is 6. The number of ketones is 1. The number of aromatic amines is 1. The van der Waals surface area contributed by atoms with Gasteiger partial charge in [0.15, 0.2) is 15.4 Å². The summed E-state index contributed by atoms with van der Waals surface area (Å²) in [5, 5.41) is 8.06. The third kappa shape index (κ3) is 8.74. The molecule has 0 spiro atoms. The van der Waals surface area contributed by atoms with E-state index in [1.807, 2.05) is 58.1 Å². The van der Waals surface area contributed by atoms with Crippen LogP contribution in [0.2, 0.25) is 0 Å². The molecule has 0 bridgehead atoms. The molecule has 0 radical (unpaired) electrons. The molecule has 0 amide bonds. The monoisotopic (exact) mass is 732 g/mol. The van der Waals surface area contributed by atoms with Gasteiger partial charge in [-0.2, -0.15) is 5.10 Å². The number of thiazole rings is 2. The lowest BCUT2D eigenvalue weighted by Crippen LogP contribution is -2.18. The average Bonchev–Trinajstić information content (AvgIpc) is 3.77. The van der Waals surface area contributed by atoms with Gasteiger partial charge in [0.1, 0.15) is 10.0 Å². The summed E-state index contributed by atoms with van der Waals surface area (Å²) in [5.41, 5.74) is 4.53. The molecule has 7 nitrogen and oxygen atoms in total. The Kier molecular flexibility index (Phi) is 10.4. The fourth-order valence-corrected chi connectivity index (χ4v) is 8.74. The molecule has 260 valence electrons. The van der Waals surface area contributed by atoms with Crippen LogP contribution in [0.15, 0.2) is 71.7 Å². The van der Waals surface area contributed by atoms with Crippen molar-refractivity contribution in [2.75, 3.05) is 0 Å². The van der Waals surface area contributed by atoms with Gasteiger partial charge in [-0.15, -0.1) is 22.7 Å². The van der Waals surface area contributed by atoms with Gasteiger partial charge in [0.05, 0.1) is 22.5 Å². The Hall–Kier alpha value is -3.25. The molecular formula is C38H48N6OS4. The molecule has 0 saturated carbocycles. The molecule has 1 unspecified atom stereocenters. The average molecular weight is 733 g/mol. The summed E-state index contributed by atoms with van der Waals surface area (Å²) in [5.74, 6) is 0.321. The van der Waals surface area contributed by atoms with Crippen molar-refractivity contribution in [3.05, 3.63) is 86.6 Å². The summed E-state index contributed by atoms with van der Waals surface area (Å²) in [6, 6.07) is 4.40. The Morgan fingerprint density at radius 3 is 2.10 bits per heavy atom. The summed E-state index contributed by atoms with van der Waals surface area (Å²) in [6.45, 7) is 26.0. The second-order valence-electron chi connectivity index (χ2n) is 16.4. The maximum absolute atomic E-state index is 11.9. The fraction of sp³-hybridized carbons (Fsp3) is 0.447. The number of imidazole rings is 1. The van der Waals surface area contributed by atoms with Gasteiger partial charge in [-0.1, -0.05) is 130 Å². The molecule has 2 aliphatic rings. The second kappa shape index (κ2) is 13.8. The first-order valence-electron chi connectivity index (χ1n) is 16.4. The van der Waals surface area contributed by atoms with E-state index in [4.69, 9.17) is 0 Å². The van der Waals surface area contributed by atoms with Crippen LogP contribution in [0, 0.1) is 11.3 Å². The zero-order chi connectivity index (χ0) is 35.9. The van der Waals surface area contributed by atoms with Gasteiger partial charge in [-0.05, 0) is 28.5 Å². The molecule has 6 heterocycles. The number of nitrogens with one attached hydrogen (secondary N) is 1. The first kappa shape index (κ1) is 37.0. The Morgan fingerprint density at radius 2 is 1.53 bits per heavy atom. The van der Waals surface area contributed by atoms with Gasteiger partial charge in [-0.25, -0.2) is 19.5 Å². The van der Waals surface area contributed by atoms with Crippen molar-refractivity contribution in [2.24, 2.45) is 11.3 Å². The molecule has 0 aromatic carbocycles. The van der Waals surface area contributed by atoms with Crippen molar-refractivity contribution in [1.29, 1.82) is 0 Å². The minimum Gasteiger partial charge on any atom is -0.353 e. The van der Waals surface area contributed by atoms with Crippen molar-refractivity contribution in [1.82, 2.24) is 29.5 Å². The lowest BCUT2D eigenvalue weighted by Gasteiger charge is -2.19. The van der Waals surface area contributed by atoms with Crippen molar-refractivity contribution < 1.29 is 4.79 Å². The quantitative estimate of drug-likeness (QED) is 0.168. The number of carbonyl (C=O) groups is 1. The summed E-state index contributed by atoms with van der Waals surface area (Å²) in [7, 11) is 0. The molecule has 11 heteroatoms. The third-order valence-corrected chi connectivity index (χ3v) is 12.9. The van der Waals surface area contributed by atoms with Crippen LogP contribution in [0.4, 0.5) is 0 Å². The van der Waals surface area contributed by atoms with E-state index in [-0.39, 0.29) is 33.4 Å². The predicted octanol–water partition coefficient (Wildman–Crippen LogP) is 11.3. The summed E-state index contributed by atoms with van der Waals surface area (Å²) >= 11 is 6.82. The van der Waals surface area contributed by atoms with Crippen molar-refractivity contribution >= 4 is 76.0 Å². The molecule has 6 aromatic heterocycles. The van der Waals surface area contributed by atoms with Gasteiger partial charge in [-0.3, -0.25) is 4.79 Å². The number of hydrogen-bond acceptors (Lipinski definition) is 9. The van der Waals surface area contributed by atoms with Gasteiger partial charge < -0.3 is 4.98 Å². The first-order valence-corrected chi connectivity index (χ1v) is 19.8. The molecule has 8 rings (SSSR count). The largest absolute Gasteiger partial charge is 0.353 e. The van der Waals surface area contributed by atoms with E-state index in [0.717, 1.165) is 30.8 Å². The molecule has 49 heavy (non-hydrogen) atoms. The van der Waals surface area contributed by atoms with E-state index in [1.165, 1.54) is 20.1 Å². The Bertz CT molecular complexity index is 1880. The number of rotatable bonds is 0. The molecule has 1 N–H and O–H groups in total. The Balaban J connectivity index is 0.000000127. The topological polar surface area (TPSA) is 88.8 Å². The fourth-order valence-electron chi connectivity index (χ4n) is 4.92. The van der Waals surface area contributed by atoms with E-state index in [0.29, 0.717) is 0 Å². The smallest absolute Gasteiger partial charge is 0.212 e. The van der Waals surface area contributed by atoms with Crippen LogP contribution in [0.5, 0.6) is 0 Å². The number of thiophene rings is 1. The predicted molar refractivity (Wildman–Crippen MR) is 212 cm³/mol. The molecule has 1 atom stereocenters. The number of fused-ring (bicyclic) bond motifs is 4. The summed E-state index contributed by atoms with van der Waals surface area (Å²) < 4.78 is 1.82. The van der Waals surface area contributed by atoms with Gasteiger partial charge in [0.2, 0.25) is 4.96 Å². The van der Waals surface area contributed by atoms with E-state index in [9.17, 15) is 4.79 Å². The number of allylic oxidation sites excluding steroid dienone is 6. The van der Waals surface area contributed by atoms with E-state index in [2.05, 4.69) is 120 Å². The van der Waals surface area contributed by atoms with Crippen LogP contribution < -0.4 is 0 Å². The van der Waals surface area contributed by atoms with Gasteiger partial charge in [0.25, 0.3) is 0 Å². The zero-order valence-corrected chi connectivity index (χ0v) is 33.9. The summed E-state index contributed by atoms with van der Waals surface area (Å²) in [6.07, 6.45) is 13.7. The normalized spacial score (nSPS) is 16.2. The van der Waals surface area contributed by atoms with Crippen LogP contribution in [0.1, 0.15) is 98.0 Å².